The standard InChI is InChI=1S/C2HF3O2.2CH5N3.CNS/c3-2(4,5)1(6)7;2*2-1(3)4;2-1-3/h(H,6,7);2*(H5,2,3,4);/q;;;-1/p+1. The van der Waals surface area contributed by atoms with E-state index in [1.807, 2.05) is 0 Å². The van der Waals surface area contributed by atoms with Crippen LogP contribution in [0.2, 0.25) is 0 Å². The molecule has 0 aromatic rings. The Kier molecular flexibility index (Phi) is 20.0. The zero-order chi connectivity index (χ0) is 15.9. The van der Waals surface area contributed by atoms with Crippen molar-refractivity contribution in [2.75, 3.05) is 0 Å². The van der Waals surface area contributed by atoms with E-state index in [4.69, 9.17) is 15.3 Å². The van der Waals surface area contributed by atoms with Crippen LogP contribution in [0.4, 0.5) is 13.2 Å². The molecule has 106 valence electrons. The van der Waals surface area contributed by atoms with Crippen molar-refractivity contribution in [1.29, 1.82) is 0 Å². The first kappa shape index (κ1) is 24.7. The molecule has 0 aliphatic carbocycles. The average Bonchev–Trinajstić information content (AvgIpc) is 2.00. The van der Waals surface area contributed by atoms with Gasteiger partial charge in [0, 0.05) is 0 Å². The fourth-order valence-corrected chi connectivity index (χ4v) is 0. The van der Waals surface area contributed by atoms with Crippen LogP contribution >= 0.6 is 12.2 Å². The van der Waals surface area contributed by atoms with Gasteiger partial charge in [-0.2, -0.15) is 18.3 Å². The van der Waals surface area contributed by atoms with Gasteiger partial charge in [-0.05, 0) is 0 Å². The van der Waals surface area contributed by atoms with Gasteiger partial charge in [-0.25, -0.2) is 0 Å². The lowest BCUT2D eigenvalue weighted by Gasteiger charge is -2.03. The number of carbonyl (C=O) groups excluding carboxylic acids is 1. The molecule has 0 saturated heterocycles. The molecular formula is C5H12F3N7O2S. The van der Waals surface area contributed by atoms with Gasteiger partial charge in [-0.1, -0.05) is 12.2 Å². The molecule has 0 bridgehead atoms. The van der Waals surface area contributed by atoms with Crippen molar-refractivity contribution in [3.63, 3.8) is 0 Å². The van der Waals surface area contributed by atoms with Crippen LogP contribution < -0.4 is 38.9 Å². The minimum atomic E-state index is -5.19. The Labute approximate surface area is 104 Å². The molecule has 0 aromatic heterocycles. The van der Waals surface area contributed by atoms with E-state index in [0.29, 0.717) is 0 Å². The summed E-state index contributed by atoms with van der Waals surface area (Å²) in [5.74, 6) is -3.17. The van der Waals surface area contributed by atoms with Crippen molar-refractivity contribution in [1.82, 2.24) is 0 Å². The topological polar surface area (TPSA) is 218 Å². The summed E-state index contributed by atoms with van der Waals surface area (Å²) in [6, 6.07) is 0. The number of hydrogen-bond acceptors (Lipinski definition) is 3. The van der Waals surface area contributed by atoms with E-state index in [2.05, 4.69) is 46.0 Å². The first-order valence-electron chi connectivity index (χ1n) is 3.38. The number of aliphatic carboxylic acids is 1. The number of carbonyl (C=O) groups is 1. The molecule has 0 saturated carbocycles. The number of carboxylic acid groups (broad SMARTS) is 1. The summed E-state index contributed by atoms with van der Waals surface area (Å²) in [6.07, 6.45) is -5.19. The Morgan fingerprint density at radius 2 is 1.22 bits per heavy atom. The monoisotopic (exact) mass is 291 g/mol. The third-order valence-electron chi connectivity index (χ3n) is 0.231. The van der Waals surface area contributed by atoms with Gasteiger partial charge in [0.1, 0.15) is 5.97 Å². The molecule has 0 spiro atoms. The van der Waals surface area contributed by atoms with Gasteiger partial charge in [0.2, 0.25) is 0 Å². The molecule has 18 heavy (non-hydrogen) atoms. The van der Waals surface area contributed by atoms with E-state index >= 15 is 0 Å². The summed E-state index contributed by atoms with van der Waals surface area (Å²) in [5.41, 5.74) is 18.3. The minimum absolute atomic E-state index is 0.0833. The Hall–Kier alpha value is -2.40. The van der Waals surface area contributed by atoms with Crippen LogP contribution in [-0.2, 0) is 4.79 Å². The number of halogens is 3. The van der Waals surface area contributed by atoms with E-state index in [0.717, 1.165) is 0 Å². The molecule has 0 unspecified atom stereocenters. The second-order valence-electron chi connectivity index (χ2n) is 1.88. The van der Waals surface area contributed by atoms with E-state index < -0.39 is 12.1 Å². The fourth-order valence-electron chi connectivity index (χ4n) is 0. The van der Waals surface area contributed by atoms with Crippen LogP contribution in [0.25, 0.3) is 5.41 Å². The van der Waals surface area contributed by atoms with Crippen LogP contribution in [0.15, 0.2) is 0 Å². The van der Waals surface area contributed by atoms with Crippen molar-refractivity contribution in [2.45, 2.75) is 6.18 Å². The highest BCUT2D eigenvalue weighted by Crippen LogP contribution is 2.11. The summed E-state index contributed by atoms with van der Waals surface area (Å²) in [7, 11) is 0. The van der Waals surface area contributed by atoms with Gasteiger partial charge in [-0.3, -0.25) is 33.8 Å². The van der Waals surface area contributed by atoms with Gasteiger partial charge in [0.05, 0.1) is 0 Å². The molecule has 9 nitrogen and oxygen atoms in total. The molecular weight excluding hydrogens is 279 g/mol. The summed E-state index contributed by atoms with van der Waals surface area (Å²) in [4.78, 5) is 8.78. The third kappa shape index (κ3) is 167. The highest BCUT2D eigenvalue weighted by molar-refractivity contribution is 7.78. The number of alkyl halides is 3. The van der Waals surface area contributed by atoms with E-state index in [-0.39, 0.29) is 11.9 Å². The number of isothiocyanates is 1. The molecule has 0 amide bonds. The molecule has 0 heterocycles. The third-order valence-corrected chi connectivity index (χ3v) is 0.231. The molecule has 0 rings (SSSR count). The molecule has 0 radical (unpaired) electrons. The van der Waals surface area contributed by atoms with Gasteiger partial charge < -0.3 is 15.3 Å². The Bertz CT molecular complexity index is 280. The lowest BCUT2D eigenvalue weighted by atomic mass is 10.7. The maximum absolute atomic E-state index is 10.5. The number of hydrogen-bond donors (Lipinski definition) is 6. The van der Waals surface area contributed by atoms with Gasteiger partial charge in [-0.15, -0.1) is 0 Å². The highest BCUT2D eigenvalue weighted by atomic mass is 32.1. The molecule has 0 atom stereocenters. The number of thiocarbonyl (C=S) groups is 1. The van der Waals surface area contributed by atoms with Crippen molar-refractivity contribution < 1.29 is 33.9 Å². The van der Waals surface area contributed by atoms with Crippen LogP contribution in [0.3, 0.4) is 0 Å². The molecule has 12 N–H and O–H groups in total. The minimum Gasteiger partial charge on any atom is -0.753 e. The lowest BCUT2D eigenvalue weighted by molar-refractivity contribution is -0.344. The van der Waals surface area contributed by atoms with Crippen molar-refractivity contribution in [3.05, 3.63) is 5.41 Å². The average molecular weight is 291 g/mol. The van der Waals surface area contributed by atoms with Crippen LogP contribution in [0, 0.1) is 0 Å². The summed E-state index contributed by atoms with van der Waals surface area (Å²) < 4.78 is 31.5. The quantitative estimate of drug-likeness (QED) is 0.144. The zero-order valence-electron chi connectivity index (χ0n) is 8.77. The Morgan fingerprint density at radius 1 is 1.17 bits per heavy atom. The lowest BCUT2D eigenvalue weighted by Crippen LogP contribution is -2.51. The van der Waals surface area contributed by atoms with Crippen molar-refractivity contribution in [2.24, 2.45) is 22.9 Å². The van der Waals surface area contributed by atoms with Crippen LogP contribution in [0.1, 0.15) is 0 Å². The maximum Gasteiger partial charge on any atom is 0.430 e. The second-order valence-corrected chi connectivity index (χ2v) is 2.06. The first-order valence-corrected chi connectivity index (χ1v) is 3.79. The smallest absolute Gasteiger partial charge is 0.430 e. The second kappa shape index (κ2) is 14.6. The Balaban J connectivity index is -0.0000000775. The van der Waals surface area contributed by atoms with Gasteiger partial charge in [0.15, 0.2) is 0 Å². The molecule has 13 heteroatoms. The summed E-state index contributed by atoms with van der Waals surface area (Å²) in [5, 5.41) is 26.4. The number of carboxylic acids is 1. The summed E-state index contributed by atoms with van der Waals surface area (Å²) >= 11 is 3.70. The van der Waals surface area contributed by atoms with E-state index in [1.54, 1.807) is 0 Å². The number of nitrogens with zero attached hydrogens (tertiary/aromatic N) is 1. The molecule has 0 aliphatic heterocycles. The number of rotatable bonds is 0. The predicted octanol–water partition coefficient (Wildman–Crippen LogP) is -6.01. The SMILES string of the molecule is NC(N)=[NH2+].NC(N)=[NH2+].O=C([O-])C(F)(F)F.[N-]=C=S. The number of guanidine groups is 2. The normalized spacial score (nSPS) is 7.50. The largest absolute Gasteiger partial charge is 0.753 e. The van der Waals surface area contributed by atoms with E-state index in [1.165, 1.54) is 5.16 Å². The van der Waals surface area contributed by atoms with E-state index in [9.17, 15) is 13.2 Å². The zero-order valence-corrected chi connectivity index (χ0v) is 9.59. The first-order chi connectivity index (χ1) is 7.82. The van der Waals surface area contributed by atoms with Crippen LogP contribution in [-0.4, -0.2) is 29.2 Å². The number of nitrogens with two attached hydrogens (primary N) is 6. The van der Waals surface area contributed by atoms with Crippen LogP contribution in [0.5, 0.6) is 0 Å². The van der Waals surface area contributed by atoms with Crippen molar-refractivity contribution in [3.8, 4) is 0 Å². The molecule has 0 aromatic carbocycles. The summed E-state index contributed by atoms with van der Waals surface area (Å²) in [6.45, 7) is 0. The predicted molar refractivity (Wildman–Crippen MR) is 57.6 cm³/mol. The highest BCUT2D eigenvalue weighted by Gasteiger charge is 2.28. The van der Waals surface area contributed by atoms with Gasteiger partial charge >= 0.3 is 18.1 Å². The van der Waals surface area contributed by atoms with Gasteiger partial charge in [0.25, 0.3) is 0 Å². The van der Waals surface area contributed by atoms with Crippen molar-refractivity contribution >= 4 is 35.3 Å². The Morgan fingerprint density at radius 3 is 1.22 bits per heavy atom. The maximum atomic E-state index is 10.5. The molecule has 0 fully saturated rings. The fraction of sp³-hybridized carbons (Fsp3) is 0.200. The molecule has 0 aliphatic rings.